The van der Waals surface area contributed by atoms with E-state index in [0.717, 1.165) is 0 Å². The van der Waals surface area contributed by atoms with Crippen LogP contribution in [0.4, 0.5) is 0 Å². The van der Waals surface area contributed by atoms with Crippen molar-refractivity contribution in [2.45, 2.75) is 6.10 Å². The number of H-pyrrole nitrogens is 1. The number of carboxylic acids is 1. The van der Waals surface area contributed by atoms with Gasteiger partial charge in [-0.2, -0.15) is 0 Å². The lowest BCUT2D eigenvalue weighted by molar-refractivity contribution is 0.0685. The molecule has 1 unspecified atom stereocenters. The summed E-state index contributed by atoms with van der Waals surface area (Å²) in [7, 11) is 1.54. The lowest BCUT2D eigenvalue weighted by Gasteiger charge is -2.10. The fourth-order valence-electron chi connectivity index (χ4n) is 1.64. The van der Waals surface area contributed by atoms with Gasteiger partial charge in [0.2, 0.25) is 0 Å². The fourth-order valence-corrected chi connectivity index (χ4v) is 1.64. The minimum atomic E-state index is -1.18. The van der Waals surface area contributed by atoms with Crippen LogP contribution >= 0.6 is 0 Å². The van der Waals surface area contributed by atoms with Crippen molar-refractivity contribution >= 4 is 5.97 Å². The molecule has 0 fully saturated rings. The summed E-state index contributed by atoms with van der Waals surface area (Å²) in [5, 5.41) is 19.0. The number of aliphatic hydroxyl groups is 1. The highest BCUT2D eigenvalue weighted by atomic mass is 16.5. The molecular formula is C12H12N2O4. The number of aromatic carboxylic acids is 1. The molecule has 6 nitrogen and oxygen atoms in total. The molecule has 18 heavy (non-hydrogen) atoms. The number of benzene rings is 1. The molecule has 1 aromatic heterocycles. The van der Waals surface area contributed by atoms with Crippen molar-refractivity contribution in [2.24, 2.45) is 0 Å². The lowest BCUT2D eigenvalue weighted by Crippen LogP contribution is -2.08. The largest absolute Gasteiger partial charge is 0.497 e. The molecule has 0 aliphatic rings. The summed E-state index contributed by atoms with van der Waals surface area (Å²) in [4.78, 5) is 17.2. The Bertz CT molecular complexity index is 547. The van der Waals surface area contributed by atoms with Crippen molar-refractivity contribution in [3.05, 3.63) is 47.5 Å². The van der Waals surface area contributed by atoms with Gasteiger partial charge in [0.1, 0.15) is 11.9 Å². The van der Waals surface area contributed by atoms with Crippen LogP contribution in [0, 0.1) is 0 Å². The van der Waals surface area contributed by atoms with Crippen LogP contribution in [-0.4, -0.2) is 33.3 Å². The Morgan fingerprint density at radius 1 is 1.39 bits per heavy atom. The zero-order chi connectivity index (χ0) is 13.1. The number of aromatic nitrogens is 2. The third-order valence-corrected chi connectivity index (χ3v) is 2.58. The normalized spacial score (nSPS) is 12.1. The number of imidazole rings is 1. The number of ether oxygens (including phenoxy) is 1. The summed E-state index contributed by atoms with van der Waals surface area (Å²) in [5.41, 5.74) is 0.536. The predicted octanol–water partition coefficient (Wildman–Crippen LogP) is 1.20. The van der Waals surface area contributed by atoms with Crippen molar-refractivity contribution in [3.63, 3.8) is 0 Å². The van der Waals surface area contributed by atoms with Crippen molar-refractivity contribution < 1.29 is 19.7 Å². The van der Waals surface area contributed by atoms with E-state index in [4.69, 9.17) is 9.84 Å². The first-order chi connectivity index (χ1) is 8.63. The molecule has 3 N–H and O–H groups in total. The molecule has 0 saturated heterocycles. The van der Waals surface area contributed by atoms with Gasteiger partial charge in [0.05, 0.1) is 19.1 Å². The monoisotopic (exact) mass is 248 g/mol. The van der Waals surface area contributed by atoms with Gasteiger partial charge in [-0.15, -0.1) is 0 Å². The summed E-state index contributed by atoms with van der Waals surface area (Å²) in [5.74, 6) is -0.521. The molecule has 1 aromatic carbocycles. The molecule has 2 rings (SSSR count). The molecule has 0 aliphatic carbocycles. The molecule has 0 bridgehead atoms. The summed E-state index contributed by atoms with van der Waals surface area (Å²) in [6.45, 7) is 0. The Hall–Kier alpha value is -2.34. The summed E-state index contributed by atoms with van der Waals surface area (Å²) >= 11 is 0. The number of hydrogen-bond acceptors (Lipinski definition) is 4. The van der Waals surface area contributed by atoms with Gasteiger partial charge in [-0.05, 0) is 17.7 Å². The Labute approximate surface area is 103 Å². The topological polar surface area (TPSA) is 95.4 Å². The van der Waals surface area contributed by atoms with E-state index in [1.807, 2.05) is 0 Å². The van der Waals surface area contributed by atoms with E-state index in [2.05, 4.69) is 9.97 Å². The maximum Gasteiger partial charge on any atom is 0.356 e. The second-order valence-electron chi connectivity index (χ2n) is 3.65. The van der Waals surface area contributed by atoms with Crippen LogP contribution in [0.25, 0.3) is 0 Å². The number of carbonyl (C=O) groups is 1. The second kappa shape index (κ2) is 4.89. The highest BCUT2D eigenvalue weighted by Gasteiger charge is 2.21. The van der Waals surface area contributed by atoms with Crippen molar-refractivity contribution in [3.8, 4) is 5.75 Å². The van der Waals surface area contributed by atoms with Gasteiger partial charge in [-0.3, -0.25) is 0 Å². The van der Waals surface area contributed by atoms with Gasteiger partial charge < -0.3 is 19.9 Å². The van der Waals surface area contributed by atoms with Crippen LogP contribution in [-0.2, 0) is 0 Å². The predicted molar refractivity (Wildman–Crippen MR) is 62.6 cm³/mol. The van der Waals surface area contributed by atoms with E-state index in [1.54, 1.807) is 31.4 Å². The first-order valence-electron chi connectivity index (χ1n) is 5.22. The maximum absolute atomic E-state index is 10.9. The molecular weight excluding hydrogens is 236 g/mol. The smallest absolute Gasteiger partial charge is 0.356 e. The van der Waals surface area contributed by atoms with Crippen molar-refractivity contribution in [1.29, 1.82) is 0 Å². The van der Waals surface area contributed by atoms with E-state index in [9.17, 15) is 9.90 Å². The van der Waals surface area contributed by atoms with Crippen molar-refractivity contribution in [1.82, 2.24) is 9.97 Å². The summed E-state index contributed by atoms with van der Waals surface area (Å²) < 4.78 is 5.01. The number of aromatic amines is 1. The Morgan fingerprint density at radius 3 is 2.61 bits per heavy atom. The minimum Gasteiger partial charge on any atom is -0.497 e. The molecule has 1 heterocycles. The summed E-state index contributed by atoms with van der Waals surface area (Å²) in [6, 6.07) is 6.71. The third kappa shape index (κ3) is 2.18. The molecule has 2 aromatic rings. The number of aliphatic hydroxyl groups excluding tert-OH is 1. The fraction of sp³-hybridized carbons (Fsp3) is 0.167. The first kappa shape index (κ1) is 12.1. The molecule has 0 aliphatic heterocycles. The molecule has 0 saturated carbocycles. The number of carboxylic acid groups (broad SMARTS) is 1. The highest BCUT2D eigenvalue weighted by molar-refractivity contribution is 5.86. The second-order valence-corrected chi connectivity index (χ2v) is 3.65. The standard InChI is InChI=1S/C12H12N2O4/c1-18-8-4-2-7(3-5-8)11(15)9-10(12(16)17)14-6-13-9/h2-6,11,15H,1H3,(H,13,14)(H,16,17). The number of hydrogen-bond donors (Lipinski definition) is 3. The maximum atomic E-state index is 10.9. The highest BCUT2D eigenvalue weighted by Crippen LogP contribution is 2.24. The molecule has 1 atom stereocenters. The zero-order valence-electron chi connectivity index (χ0n) is 9.62. The molecule has 0 spiro atoms. The quantitative estimate of drug-likeness (QED) is 0.755. The van der Waals surface area contributed by atoms with Crippen LogP contribution < -0.4 is 4.74 Å². The van der Waals surface area contributed by atoms with Crippen LogP contribution in [0.1, 0.15) is 27.8 Å². The van der Waals surface area contributed by atoms with Gasteiger partial charge in [-0.25, -0.2) is 9.78 Å². The number of methoxy groups -OCH3 is 1. The Kier molecular flexibility index (Phi) is 3.29. The minimum absolute atomic E-state index is 0.160. The van der Waals surface area contributed by atoms with Gasteiger partial charge in [0.25, 0.3) is 0 Å². The number of rotatable bonds is 4. The van der Waals surface area contributed by atoms with Gasteiger partial charge in [0, 0.05) is 0 Å². The van der Waals surface area contributed by atoms with Crippen LogP contribution in [0.5, 0.6) is 5.75 Å². The molecule has 0 radical (unpaired) electrons. The van der Waals surface area contributed by atoms with Crippen LogP contribution in [0.15, 0.2) is 30.6 Å². The molecule has 94 valence electrons. The Morgan fingerprint density at radius 2 is 2.06 bits per heavy atom. The SMILES string of the molecule is COc1ccc(C(O)c2[nH]cnc2C(=O)O)cc1. The van der Waals surface area contributed by atoms with Crippen LogP contribution in [0.2, 0.25) is 0 Å². The molecule has 6 heteroatoms. The van der Waals surface area contributed by atoms with E-state index in [0.29, 0.717) is 11.3 Å². The van der Waals surface area contributed by atoms with Gasteiger partial charge >= 0.3 is 5.97 Å². The average Bonchev–Trinajstić information content (AvgIpc) is 2.87. The zero-order valence-corrected chi connectivity index (χ0v) is 9.62. The Balaban J connectivity index is 2.32. The average molecular weight is 248 g/mol. The van der Waals surface area contributed by atoms with E-state index < -0.39 is 12.1 Å². The van der Waals surface area contributed by atoms with E-state index in [1.165, 1.54) is 6.33 Å². The van der Waals surface area contributed by atoms with Gasteiger partial charge in [0.15, 0.2) is 5.69 Å². The lowest BCUT2D eigenvalue weighted by atomic mass is 10.1. The third-order valence-electron chi connectivity index (χ3n) is 2.58. The van der Waals surface area contributed by atoms with Crippen LogP contribution in [0.3, 0.4) is 0 Å². The van der Waals surface area contributed by atoms with Crippen molar-refractivity contribution in [2.75, 3.05) is 7.11 Å². The van der Waals surface area contributed by atoms with E-state index >= 15 is 0 Å². The molecule has 0 amide bonds. The summed E-state index contributed by atoms with van der Waals surface area (Å²) in [6.07, 6.45) is 0.176. The first-order valence-corrected chi connectivity index (χ1v) is 5.22. The number of nitrogens with one attached hydrogen (secondary N) is 1. The van der Waals surface area contributed by atoms with E-state index in [-0.39, 0.29) is 11.4 Å². The number of nitrogens with zero attached hydrogens (tertiary/aromatic N) is 1. The van der Waals surface area contributed by atoms with Gasteiger partial charge in [-0.1, -0.05) is 12.1 Å².